The summed E-state index contributed by atoms with van der Waals surface area (Å²) in [6.45, 7) is 1.30. The Labute approximate surface area is 127 Å². The molecular formula is C14H11F3N2O4. The molecule has 0 amide bonds. The van der Waals surface area contributed by atoms with Gasteiger partial charge in [-0.15, -0.1) is 0 Å². The minimum atomic E-state index is -4.76. The molecule has 1 aliphatic rings. The van der Waals surface area contributed by atoms with Crippen molar-refractivity contribution in [3.63, 3.8) is 0 Å². The maximum atomic E-state index is 13.2. The van der Waals surface area contributed by atoms with E-state index >= 15 is 0 Å². The van der Waals surface area contributed by atoms with Crippen molar-refractivity contribution in [2.24, 2.45) is 5.10 Å². The zero-order chi connectivity index (χ0) is 17.4. The van der Waals surface area contributed by atoms with Crippen LogP contribution in [0.5, 0.6) is 0 Å². The molecule has 0 fully saturated rings. The average Bonchev–Trinajstić information content (AvgIpc) is 2.45. The fourth-order valence-corrected chi connectivity index (χ4v) is 2.39. The van der Waals surface area contributed by atoms with Gasteiger partial charge in [-0.3, -0.25) is 5.43 Å². The van der Waals surface area contributed by atoms with E-state index in [1.165, 1.54) is 13.0 Å². The first-order valence-corrected chi connectivity index (χ1v) is 6.31. The predicted octanol–water partition coefficient (Wildman–Crippen LogP) is 2.19. The van der Waals surface area contributed by atoms with E-state index in [1.54, 1.807) is 0 Å². The molecule has 3 N–H and O–H groups in total. The van der Waals surface area contributed by atoms with Crippen molar-refractivity contribution in [1.82, 2.24) is 5.43 Å². The quantitative estimate of drug-likeness (QED) is 0.790. The Balaban J connectivity index is 2.75. The van der Waals surface area contributed by atoms with Crippen LogP contribution in [0.15, 0.2) is 40.6 Å². The van der Waals surface area contributed by atoms with E-state index in [4.69, 9.17) is 0 Å². The molecule has 1 atom stereocenters. The second-order valence-corrected chi connectivity index (χ2v) is 4.78. The molecule has 0 aliphatic carbocycles. The second-order valence-electron chi connectivity index (χ2n) is 4.78. The van der Waals surface area contributed by atoms with Crippen molar-refractivity contribution >= 4 is 17.7 Å². The number of rotatable bonds is 3. The van der Waals surface area contributed by atoms with Gasteiger partial charge in [0.1, 0.15) is 0 Å². The van der Waals surface area contributed by atoms with Crippen LogP contribution >= 0.6 is 0 Å². The fraction of sp³-hybridized carbons (Fsp3) is 0.214. The summed E-state index contributed by atoms with van der Waals surface area (Å²) in [6.07, 6.45) is -4.76. The molecule has 9 heteroatoms. The molecule has 122 valence electrons. The van der Waals surface area contributed by atoms with E-state index in [9.17, 15) is 33.0 Å². The minimum Gasteiger partial charge on any atom is -0.478 e. The maximum Gasteiger partial charge on any atom is 0.416 e. The van der Waals surface area contributed by atoms with Crippen LogP contribution in [0.3, 0.4) is 0 Å². The van der Waals surface area contributed by atoms with Crippen LogP contribution < -0.4 is 5.43 Å². The molecule has 0 saturated carbocycles. The zero-order valence-electron chi connectivity index (χ0n) is 11.7. The Bertz CT molecular complexity index is 738. The number of carbonyl (C=O) groups is 2. The lowest BCUT2D eigenvalue weighted by molar-refractivity contribution is -0.139. The monoisotopic (exact) mass is 328 g/mol. The summed E-state index contributed by atoms with van der Waals surface area (Å²) in [7, 11) is 0. The van der Waals surface area contributed by atoms with Gasteiger partial charge >= 0.3 is 18.1 Å². The molecule has 23 heavy (non-hydrogen) atoms. The van der Waals surface area contributed by atoms with E-state index < -0.39 is 46.4 Å². The Hall–Kier alpha value is -2.84. The number of nitrogens with one attached hydrogen (secondary N) is 1. The Morgan fingerprint density at radius 3 is 2.30 bits per heavy atom. The first-order chi connectivity index (χ1) is 10.6. The van der Waals surface area contributed by atoms with E-state index in [2.05, 4.69) is 10.5 Å². The number of benzene rings is 1. The number of halogens is 3. The summed E-state index contributed by atoms with van der Waals surface area (Å²) in [5.41, 5.74) is -0.583. The van der Waals surface area contributed by atoms with Crippen molar-refractivity contribution in [3.8, 4) is 0 Å². The number of carboxylic acid groups (broad SMARTS) is 2. The highest BCUT2D eigenvalue weighted by Crippen LogP contribution is 2.39. The summed E-state index contributed by atoms with van der Waals surface area (Å²) in [4.78, 5) is 22.8. The zero-order valence-corrected chi connectivity index (χ0v) is 11.7. The van der Waals surface area contributed by atoms with Crippen LogP contribution in [-0.4, -0.2) is 27.9 Å². The van der Waals surface area contributed by atoms with E-state index in [1.807, 2.05) is 0 Å². The number of allylic oxidation sites excluding steroid dienone is 1. The fourth-order valence-electron chi connectivity index (χ4n) is 2.39. The standard InChI is InChI=1S/C14H11F3N2O4/c1-6-9(12(20)21)10(11(13(22)23)19-18-6)7-4-2-3-5-8(7)14(15,16)17/h2-5,10,18H,1H3,(H,20,21)(H,22,23). The van der Waals surface area contributed by atoms with Gasteiger partial charge in [-0.05, 0) is 18.6 Å². The maximum absolute atomic E-state index is 13.2. The molecule has 6 nitrogen and oxygen atoms in total. The second kappa shape index (κ2) is 5.75. The first-order valence-electron chi connectivity index (χ1n) is 6.31. The molecule has 0 bridgehead atoms. The van der Waals surface area contributed by atoms with Crippen molar-refractivity contribution in [2.45, 2.75) is 19.0 Å². The van der Waals surface area contributed by atoms with Crippen molar-refractivity contribution in [1.29, 1.82) is 0 Å². The molecule has 2 rings (SSSR count). The third-order valence-electron chi connectivity index (χ3n) is 3.34. The Morgan fingerprint density at radius 1 is 1.17 bits per heavy atom. The van der Waals surface area contributed by atoms with Crippen LogP contribution in [0.2, 0.25) is 0 Å². The van der Waals surface area contributed by atoms with Gasteiger partial charge in [0.05, 0.1) is 17.1 Å². The molecule has 1 aliphatic heterocycles. The van der Waals surface area contributed by atoms with E-state index in [0.29, 0.717) is 0 Å². The molecule has 0 saturated heterocycles. The SMILES string of the molecule is CC1=C(C(=O)O)C(c2ccccc2C(F)(F)F)C(C(=O)O)=NN1. The van der Waals surface area contributed by atoms with Gasteiger partial charge in [-0.25, -0.2) is 9.59 Å². The number of alkyl halides is 3. The molecular weight excluding hydrogens is 317 g/mol. The molecule has 0 aromatic heterocycles. The van der Waals surface area contributed by atoms with Gasteiger partial charge < -0.3 is 10.2 Å². The van der Waals surface area contributed by atoms with Crippen molar-refractivity contribution in [2.75, 3.05) is 0 Å². The van der Waals surface area contributed by atoms with Crippen molar-refractivity contribution in [3.05, 3.63) is 46.7 Å². The summed E-state index contributed by atoms with van der Waals surface area (Å²) in [5.74, 6) is -4.76. The summed E-state index contributed by atoms with van der Waals surface area (Å²) >= 11 is 0. The van der Waals surface area contributed by atoms with Crippen LogP contribution in [-0.2, 0) is 15.8 Å². The van der Waals surface area contributed by atoms with Crippen LogP contribution in [0, 0.1) is 0 Å². The summed E-state index contributed by atoms with van der Waals surface area (Å²) < 4.78 is 39.6. The minimum absolute atomic E-state index is 0.0236. The molecule has 1 heterocycles. The Kier molecular flexibility index (Phi) is 4.13. The predicted molar refractivity (Wildman–Crippen MR) is 72.7 cm³/mol. The number of hydrogen-bond donors (Lipinski definition) is 3. The van der Waals surface area contributed by atoms with Gasteiger partial charge in [0.2, 0.25) is 0 Å². The highest BCUT2D eigenvalue weighted by atomic mass is 19.4. The third kappa shape index (κ3) is 3.03. The lowest BCUT2D eigenvalue weighted by Gasteiger charge is -2.26. The Morgan fingerprint density at radius 2 is 1.78 bits per heavy atom. The normalized spacial score (nSPS) is 18.3. The van der Waals surface area contributed by atoms with Gasteiger partial charge in [0.15, 0.2) is 5.71 Å². The first kappa shape index (κ1) is 16.5. The molecule has 0 spiro atoms. The largest absolute Gasteiger partial charge is 0.478 e. The van der Waals surface area contributed by atoms with E-state index in [0.717, 1.165) is 18.2 Å². The van der Waals surface area contributed by atoms with Crippen molar-refractivity contribution < 1.29 is 33.0 Å². The lowest BCUT2D eigenvalue weighted by atomic mass is 9.82. The molecule has 1 unspecified atom stereocenters. The number of carboxylic acids is 2. The van der Waals surface area contributed by atoms with Gasteiger partial charge in [0.25, 0.3) is 0 Å². The molecule has 1 aromatic rings. The highest BCUT2D eigenvalue weighted by molar-refractivity contribution is 6.39. The molecule has 0 radical (unpaired) electrons. The van der Waals surface area contributed by atoms with Crippen LogP contribution in [0.25, 0.3) is 0 Å². The topological polar surface area (TPSA) is 99.0 Å². The van der Waals surface area contributed by atoms with Gasteiger partial charge in [0, 0.05) is 5.70 Å². The number of aliphatic carboxylic acids is 2. The molecule has 1 aromatic carbocycles. The number of hydrogen-bond acceptors (Lipinski definition) is 4. The van der Waals surface area contributed by atoms with Crippen LogP contribution in [0.4, 0.5) is 13.2 Å². The number of nitrogens with zero attached hydrogens (tertiary/aromatic N) is 1. The van der Waals surface area contributed by atoms with Gasteiger partial charge in [-0.2, -0.15) is 18.3 Å². The van der Waals surface area contributed by atoms with Crippen LogP contribution in [0.1, 0.15) is 24.0 Å². The van der Waals surface area contributed by atoms with Gasteiger partial charge in [-0.1, -0.05) is 18.2 Å². The average molecular weight is 328 g/mol. The highest BCUT2D eigenvalue weighted by Gasteiger charge is 2.42. The van der Waals surface area contributed by atoms with E-state index in [-0.39, 0.29) is 5.70 Å². The summed E-state index contributed by atoms with van der Waals surface area (Å²) in [6, 6.07) is 4.24. The smallest absolute Gasteiger partial charge is 0.416 e. The number of hydrazone groups is 1. The lowest BCUT2D eigenvalue weighted by Crippen LogP contribution is -2.35. The summed E-state index contributed by atoms with van der Waals surface area (Å²) in [5, 5.41) is 22.0. The third-order valence-corrected chi connectivity index (χ3v) is 3.34.